The van der Waals surface area contributed by atoms with Crippen molar-refractivity contribution in [1.82, 2.24) is 30.5 Å². The monoisotopic (exact) mass is 277 g/mol. The number of anilines is 1. The standard InChI is InChI=1S/C11H15N7O2/c1-7-14-16-11(20-7)13-10(19)9-6-18(17-15-9)8-2-4-12-5-3-8/h6,8,12H,2-5H2,1H3,(H,13,16,19). The van der Waals surface area contributed by atoms with Gasteiger partial charge in [-0.3, -0.25) is 10.1 Å². The molecule has 9 heteroatoms. The molecule has 20 heavy (non-hydrogen) atoms. The van der Waals surface area contributed by atoms with Crippen LogP contribution in [-0.4, -0.2) is 44.2 Å². The first-order chi connectivity index (χ1) is 9.72. The molecule has 0 saturated carbocycles. The molecule has 0 radical (unpaired) electrons. The van der Waals surface area contributed by atoms with Crippen molar-refractivity contribution < 1.29 is 9.21 Å². The van der Waals surface area contributed by atoms with Gasteiger partial charge in [-0.1, -0.05) is 10.3 Å². The maximum atomic E-state index is 12.0. The van der Waals surface area contributed by atoms with E-state index < -0.39 is 5.91 Å². The fourth-order valence-electron chi connectivity index (χ4n) is 2.14. The van der Waals surface area contributed by atoms with Gasteiger partial charge in [0.15, 0.2) is 5.69 Å². The molecule has 0 aromatic carbocycles. The zero-order valence-corrected chi connectivity index (χ0v) is 11.0. The van der Waals surface area contributed by atoms with Crippen LogP contribution in [0.5, 0.6) is 0 Å². The molecule has 106 valence electrons. The van der Waals surface area contributed by atoms with Crippen LogP contribution in [0.3, 0.4) is 0 Å². The molecule has 3 heterocycles. The minimum atomic E-state index is -0.408. The van der Waals surface area contributed by atoms with Crippen molar-refractivity contribution in [3.05, 3.63) is 17.8 Å². The summed E-state index contributed by atoms with van der Waals surface area (Å²) < 4.78 is 6.83. The number of aryl methyl sites for hydroxylation is 1. The highest BCUT2D eigenvalue weighted by atomic mass is 16.4. The van der Waals surface area contributed by atoms with Gasteiger partial charge in [0.2, 0.25) is 5.89 Å². The van der Waals surface area contributed by atoms with E-state index in [4.69, 9.17) is 4.42 Å². The summed E-state index contributed by atoms with van der Waals surface area (Å²) in [5, 5.41) is 21.0. The minimum Gasteiger partial charge on any atom is -0.408 e. The summed E-state index contributed by atoms with van der Waals surface area (Å²) in [4.78, 5) is 12.0. The van der Waals surface area contributed by atoms with E-state index in [-0.39, 0.29) is 17.8 Å². The van der Waals surface area contributed by atoms with Crippen LogP contribution in [0.25, 0.3) is 0 Å². The van der Waals surface area contributed by atoms with Crippen LogP contribution in [0.4, 0.5) is 6.01 Å². The zero-order valence-electron chi connectivity index (χ0n) is 11.0. The number of aromatic nitrogens is 5. The lowest BCUT2D eigenvalue weighted by Crippen LogP contribution is -2.29. The van der Waals surface area contributed by atoms with E-state index in [2.05, 4.69) is 31.1 Å². The summed E-state index contributed by atoms with van der Waals surface area (Å²) in [6, 6.07) is 0.347. The molecule has 1 fully saturated rings. The van der Waals surface area contributed by atoms with Crippen molar-refractivity contribution in [3.8, 4) is 0 Å². The van der Waals surface area contributed by atoms with Gasteiger partial charge >= 0.3 is 6.01 Å². The number of carbonyl (C=O) groups is 1. The molecule has 1 aliphatic heterocycles. The van der Waals surface area contributed by atoms with Crippen LogP contribution in [0.15, 0.2) is 10.6 Å². The molecule has 9 nitrogen and oxygen atoms in total. The highest BCUT2D eigenvalue weighted by molar-refractivity contribution is 6.01. The van der Waals surface area contributed by atoms with E-state index in [9.17, 15) is 4.79 Å². The highest BCUT2D eigenvalue weighted by Crippen LogP contribution is 2.17. The molecule has 0 aliphatic carbocycles. The Hall–Kier alpha value is -2.29. The van der Waals surface area contributed by atoms with Gasteiger partial charge < -0.3 is 9.73 Å². The molecular formula is C11H15N7O2. The largest absolute Gasteiger partial charge is 0.408 e. The van der Waals surface area contributed by atoms with Crippen molar-refractivity contribution in [2.24, 2.45) is 0 Å². The summed E-state index contributed by atoms with van der Waals surface area (Å²) >= 11 is 0. The molecule has 2 N–H and O–H groups in total. The average molecular weight is 277 g/mol. The Kier molecular flexibility index (Phi) is 3.42. The SMILES string of the molecule is Cc1nnc(NC(=O)c2cn(C3CCNCC3)nn2)o1. The van der Waals surface area contributed by atoms with Crippen LogP contribution in [0, 0.1) is 6.92 Å². The third-order valence-corrected chi connectivity index (χ3v) is 3.17. The zero-order chi connectivity index (χ0) is 13.9. The fraction of sp³-hybridized carbons (Fsp3) is 0.545. The Morgan fingerprint density at radius 3 is 2.90 bits per heavy atom. The Bertz CT molecular complexity index is 599. The molecule has 0 spiro atoms. The van der Waals surface area contributed by atoms with E-state index in [1.807, 2.05) is 0 Å². The van der Waals surface area contributed by atoms with Gasteiger partial charge in [-0.15, -0.1) is 10.2 Å². The second kappa shape index (κ2) is 5.37. The maximum Gasteiger partial charge on any atom is 0.322 e. The molecule has 1 amide bonds. The maximum absolute atomic E-state index is 12.0. The van der Waals surface area contributed by atoms with E-state index in [0.717, 1.165) is 25.9 Å². The van der Waals surface area contributed by atoms with E-state index in [1.165, 1.54) is 0 Å². The van der Waals surface area contributed by atoms with Crippen molar-refractivity contribution in [3.63, 3.8) is 0 Å². The first-order valence-corrected chi connectivity index (χ1v) is 6.46. The number of carbonyl (C=O) groups excluding carboxylic acids is 1. The minimum absolute atomic E-state index is 0.0592. The van der Waals surface area contributed by atoms with Crippen molar-refractivity contribution >= 4 is 11.9 Å². The third kappa shape index (κ3) is 2.67. The molecule has 0 atom stereocenters. The first-order valence-electron chi connectivity index (χ1n) is 6.46. The lowest BCUT2D eigenvalue weighted by Gasteiger charge is -2.21. The topological polar surface area (TPSA) is 111 Å². The number of amides is 1. The predicted molar refractivity (Wildman–Crippen MR) is 68.2 cm³/mol. The summed E-state index contributed by atoms with van der Waals surface area (Å²) in [6.45, 7) is 3.55. The smallest absolute Gasteiger partial charge is 0.322 e. The van der Waals surface area contributed by atoms with Crippen LogP contribution >= 0.6 is 0 Å². The second-order valence-corrected chi connectivity index (χ2v) is 4.65. The Morgan fingerprint density at radius 2 is 2.20 bits per heavy atom. The Balaban J connectivity index is 1.67. The van der Waals surface area contributed by atoms with Gasteiger partial charge in [0.25, 0.3) is 5.91 Å². The van der Waals surface area contributed by atoms with Gasteiger partial charge in [-0.05, 0) is 25.9 Å². The lowest BCUT2D eigenvalue weighted by atomic mass is 10.1. The van der Waals surface area contributed by atoms with Crippen LogP contribution in [0.2, 0.25) is 0 Å². The fourth-order valence-corrected chi connectivity index (χ4v) is 2.14. The quantitative estimate of drug-likeness (QED) is 0.821. The molecule has 2 aromatic heterocycles. The molecule has 2 aromatic rings. The molecule has 1 aliphatic rings. The first kappa shape index (κ1) is 12.7. The van der Waals surface area contributed by atoms with Crippen LogP contribution < -0.4 is 10.6 Å². The normalized spacial score (nSPS) is 16.2. The van der Waals surface area contributed by atoms with Gasteiger partial charge in [-0.2, -0.15) is 0 Å². The van der Waals surface area contributed by atoms with Crippen LogP contribution in [0.1, 0.15) is 35.3 Å². The number of rotatable bonds is 3. The predicted octanol–water partition coefficient (Wildman–Crippen LogP) is 0.146. The molecule has 0 bridgehead atoms. The van der Waals surface area contributed by atoms with Gasteiger partial charge in [0.1, 0.15) is 0 Å². The number of nitrogens with one attached hydrogen (secondary N) is 2. The molecular weight excluding hydrogens is 262 g/mol. The molecule has 0 unspecified atom stereocenters. The third-order valence-electron chi connectivity index (χ3n) is 3.17. The summed E-state index contributed by atoms with van der Waals surface area (Å²) in [5.74, 6) is -0.0208. The number of piperidine rings is 1. The van der Waals surface area contributed by atoms with E-state index in [1.54, 1.807) is 17.8 Å². The lowest BCUT2D eigenvalue weighted by molar-refractivity contribution is 0.101. The molecule has 1 saturated heterocycles. The average Bonchev–Trinajstić information content (AvgIpc) is 3.09. The van der Waals surface area contributed by atoms with Gasteiger partial charge in [0, 0.05) is 6.92 Å². The molecule has 3 rings (SSSR count). The van der Waals surface area contributed by atoms with E-state index >= 15 is 0 Å². The number of nitrogens with zero attached hydrogens (tertiary/aromatic N) is 5. The van der Waals surface area contributed by atoms with Crippen molar-refractivity contribution in [2.45, 2.75) is 25.8 Å². The van der Waals surface area contributed by atoms with Crippen molar-refractivity contribution in [2.75, 3.05) is 18.4 Å². The van der Waals surface area contributed by atoms with Crippen molar-refractivity contribution in [1.29, 1.82) is 0 Å². The summed E-state index contributed by atoms with van der Waals surface area (Å²) in [5.41, 5.74) is 0.236. The van der Waals surface area contributed by atoms with Crippen LogP contribution in [-0.2, 0) is 0 Å². The Morgan fingerprint density at radius 1 is 1.40 bits per heavy atom. The highest BCUT2D eigenvalue weighted by Gasteiger charge is 2.19. The summed E-state index contributed by atoms with van der Waals surface area (Å²) in [7, 11) is 0. The van der Waals surface area contributed by atoms with E-state index in [0.29, 0.717) is 5.89 Å². The number of hydrogen-bond acceptors (Lipinski definition) is 7. The number of hydrogen-bond donors (Lipinski definition) is 2. The van der Waals surface area contributed by atoms with Gasteiger partial charge in [-0.25, -0.2) is 4.68 Å². The summed E-state index contributed by atoms with van der Waals surface area (Å²) in [6.07, 6.45) is 3.61. The second-order valence-electron chi connectivity index (χ2n) is 4.65. The Labute approximate surface area is 114 Å². The van der Waals surface area contributed by atoms with Gasteiger partial charge in [0.05, 0.1) is 12.2 Å².